The van der Waals surface area contributed by atoms with Crippen molar-refractivity contribution in [3.63, 3.8) is 0 Å². The lowest BCUT2D eigenvalue weighted by Gasteiger charge is -2.03. The van der Waals surface area contributed by atoms with Gasteiger partial charge in [-0.1, -0.05) is 11.6 Å². The Morgan fingerprint density at radius 3 is 3.00 bits per heavy atom. The van der Waals surface area contributed by atoms with Gasteiger partial charge in [-0.05, 0) is 12.1 Å². The molecule has 5 nitrogen and oxygen atoms in total. The minimum atomic E-state index is -3.51. The molecule has 0 bridgehead atoms. The van der Waals surface area contributed by atoms with Crippen molar-refractivity contribution in [1.29, 1.82) is 0 Å². The van der Waals surface area contributed by atoms with Crippen molar-refractivity contribution in [2.45, 2.75) is 10.8 Å². The third-order valence-corrected chi connectivity index (χ3v) is 6.50. The Morgan fingerprint density at radius 1 is 1.42 bits per heavy atom. The Morgan fingerprint density at radius 2 is 2.26 bits per heavy atom. The summed E-state index contributed by atoms with van der Waals surface area (Å²) in [7, 11) is -3.51. The first-order valence-corrected chi connectivity index (χ1v) is 8.76. The van der Waals surface area contributed by atoms with E-state index >= 15 is 0 Å². The molecule has 0 saturated heterocycles. The topological polar surface area (TPSA) is 63.5 Å². The Bertz CT molecular complexity index is 818. The van der Waals surface area contributed by atoms with E-state index in [1.165, 1.54) is 17.4 Å². The van der Waals surface area contributed by atoms with Crippen LogP contribution in [0, 0.1) is 0 Å². The van der Waals surface area contributed by atoms with Gasteiger partial charge in [0.05, 0.1) is 10.9 Å². The average molecular weight is 334 g/mol. The summed E-state index contributed by atoms with van der Waals surface area (Å²) in [4.78, 5) is 4.98. The third-order valence-electron chi connectivity index (χ3n) is 2.47. The van der Waals surface area contributed by atoms with E-state index in [0.29, 0.717) is 4.34 Å². The predicted octanol–water partition coefficient (Wildman–Crippen LogP) is 2.59. The number of sulfonamides is 1. The van der Waals surface area contributed by atoms with Crippen LogP contribution in [0.4, 0.5) is 0 Å². The van der Waals surface area contributed by atoms with Gasteiger partial charge in [-0.3, -0.25) is 4.40 Å². The molecular formula is C10H8ClN3O2S3. The molecule has 0 spiro atoms. The number of aromatic nitrogens is 2. The Labute approximate surface area is 122 Å². The van der Waals surface area contributed by atoms with Crippen LogP contribution in [-0.2, 0) is 16.6 Å². The number of hydrogen-bond acceptors (Lipinski definition) is 5. The third kappa shape index (κ3) is 2.54. The van der Waals surface area contributed by atoms with Gasteiger partial charge in [0, 0.05) is 23.5 Å². The first-order valence-electron chi connectivity index (χ1n) is 5.21. The molecule has 0 unspecified atom stereocenters. The second-order valence-corrected chi connectivity index (χ2v) is 8.24. The quantitative estimate of drug-likeness (QED) is 0.798. The molecule has 3 heterocycles. The maximum atomic E-state index is 12.0. The molecule has 3 aromatic heterocycles. The van der Waals surface area contributed by atoms with Crippen molar-refractivity contribution in [3.05, 3.63) is 39.9 Å². The molecule has 0 radical (unpaired) electrons. The van der Waals surface area contributed by atoms with Crippen molar-refractivity contribution in [1.82, 2.24) is 14.1 Å². The lowest BCUT2D eigenvalue weighted by atomic mass is 10.5. The lowest BCUT2D eigenvalue weighted by Crippen LogP contribution is -2.22. The van der Waals surface area contributed by atoms with Crippen LogP contribution in [0.1, 0.15) is 5.69 Å². The SMILES string of the molecule is O=S(=O)(NCc1csc2nccn12)c1ccc(Cl)s1. The molecule has 0 aliphatic carbocycles. The highest BCUT2D eigenvalue weighted by Gasteiger charge is 2.17. The molecule has 3 rings (SSSR count). The molecule has 0 saturated carbocycles. The second-order valence-electron chi connectivity index (χ2n) is 3.69. The zero-order chi connectivity index (χ0) is 13.5. The van der Waals surface area contributed by atoms with Crippen LogP contribution < -0.4 is 4.72 Å². The molecule has 0 amide bonds. The maximum Gasteiger partial charge on any atom is 0.250 e. The van der Waals surface area contributed by atoms with E-state index in [2.05, 4.69) is 9.71 Å². The van der Waals surface area contributed by atoms with E-state index in [9.17, 15) is 8.42 Å². The normalized spacial score (nSPS) is 12.3. The Kier molecular flexibility index (Phi) is 3.35. The molecule has 0 atom stereocenters. The van der Waals surface area contributed by atoms with Crippen molar-refractivity contribution in [2.75, 3.05) is 0 Å². The molecule has 1 N–H and O–H groups in total. The fourth-order valence-electron chi connectivity index (χ4n) is 1.58. The largest absolute Gasteiger partial charge is 0.293 e. The molecular weight excluding hydrogens is 326 g/mol. The minimum absolute atomic E-state index is 0.216. The van der Waals surface area contributed by atoms with Crippen LogP contribution in [0.3, 0.4) is 0 Å². The number of fused-ring (bicyclic) bond motifs is 1. The van der Waals surface area contributed by atoms with Gasteiger partial charge in [0.25, 0.3) is 0 Å². The molecule has 9 heteroatoms. The molecule has 3 aromatic rings. The summed E-state index contributed by atoms with van der Waals surface area (Å²) in [6, 6.07) is 3.06. The van der Waals surface area contributed by atoms with Gasteiger partial charge in [0.1, 0.15) is 4.21 Å². The predicted molar refractivity (Wildman–Crippen MR) is 76.4 cm³/mol. The molecule has 0 aromatic carbocycles. The molecule has 0 aliphatic heterocycles. The molecule has 0 fully saturated rings. The number of imidazole rings is 1. The van der Waals surface area contributed by atoms with Gasteiger partial charge in [0.2, 0.25) is 10.0 Å². The highest BCUT2D eigenvalue weighted by Crippen LogP contribution is 2.25. The molecule has 0 aliphatic rings. The summed E-state index contributed by atoms with van der Waals surface area (Å²) in [5, 5.41) is 1.88. The summed E-state index contributed by atoms with van der Waals surface area (Å²) in [5.41, 5.74) is 0.851. The number of nitrogens with one attached hydrogen (secondary N) is 1. The van der Waals surface area contributed by atoms with Gasteiger partial charge < -0.3 is 0 Å². The van der Waals surface area contributed by atoms with E-state index in [1.54, 1.807) is 18.5 Å². The van der Waals surface area contributed by atoms with Crippen LogP contribution in [0.25, 0.3) is 4.96 Å². The molecule has 100 valence electrons. The number of hydrogen-bond donors (Lipinski definition) is 1. The van der Waals surface area contributed by atoms with Crippen molar-refractivity contribution >= 4 is 49.3 Å². The zero-order valence-corrected chi connectivity index (χ0v) is 12.6. The highest BCUT2D eigenvalue weighted by atomic mass is 35.5. The van der Waals surface area contributed by atoms with E-state index in [-0.39, 0.29) is 10.8 Å². The average Bonchev–Trinajstić information content (AvgIpc) is 3.02. The van der Waals surface area contributed by atoms with E-state index in [0.717, 1.165) is 22.0 Å². The summed E-state index contributed by atoms with van der Waals surface area (Å²) in [6.45, 7) is 0.216. The number of halogens is 1. The van der Waals surface area contributed by atoms with Gasteiger partial charge in [-0.15, -0.1) is 22.7 Å². The first kappa shape index (κ1) is 13.1. The monoisotopic (exact) mass is 333 g/mol. The fourth-order valence-corrected chi connectivity index (χ4v) is 4.96. The Hall–Kier alpha value is -0.930. The van der Waals surface area contributed by atoms with Crippen LogP contribution in [0.5, 0.6) is 0 Å². The highest BCUT2D eigenvalue weighted by molar-refractivity contribution is 7.91. The van der Waals surface area contributed by atoms with Crippen LogP contribution in [-0.4, -0.2) is 17.8 Å². The standard InChI is InChI=1S/C10H8ClN3O2S3/c11-8-1-2-9(18-8)19(15,16)13-5-7-6-17-10-12-3-4-14(7)10/h1-4,6,13H,5H2. The van der Waals surface area contributed by atoms with Gasteiger partial charge in [0.15, 0.2) is 4.96 Å². The van der Waals surface area contributed by atoms with E-state index < -0.39 is 10.0 Å². The summed E-state index contributed by atoms with van der Waals surface area (Å²) < 4.78 is 29.1. The Balaban J connectivity index is 1.81. The van der Waals surface area contributed by atoms with Crippen molar-refractivity contribution in [2.24, 2.45) is 0 Å². The van der Waals surface area contributed by atoms with E-state index in [1.807, 2.05) is 9.78 Å². The second kappa shape index (κ2) is 4.88. The zero-order valence-electron chi connectivity index (χ0n) is 9.41. The first-order chi connectivity index (χ1) is 9.06. The maximum absolute atomic E-state index is 12.0. The number of thiophene rings is 1. The van der Waals surface area contributed by atoms with Gasteiger partial charge >= 0.3 is 0 Å². The van der Waals surface area contributed by atoms with Gasteiger partial charge in [-0.2, -0.15) is 0 Å². The number of nitrogens with zero attached hydrogens (tertiary/aromatic N) is 2. The molecule has 19 heavy (non-hydrogen) atoms. The van der Waals surface area contributed by atoms with E-state index in [4.69, 9.17) is 11.6 Å². The van der Waals surface area contributed by atoms with Crippen LogP contribution in [0.2, 0.25) is 4.34 Å². The lowest BCUT2D eigenvalue weighted by molar-refractivity contribution is 0.582. The summed E-state index contributed by atoms with van der Waals surface area (Å²) in [6.07, 6.45) is 3.49. The summed E-state index contributed by atoms with van der Waals surface area (Å²) in [5.74, 6) is 0. The van der Waals surface area contributed by atoms with Crippen molar-refractivity contribution < 1.29 is 8.42 Å². The number of rotatable bonds is 4. The van der Waals surface area contributed by atoms with Gasteiger partial charge in [-0.25, -0.2) is 18.1 Å². The van der Waals surface area contributed by atoms with Crippen LogP contribution >= 0.6 is 34.3 Å². The smallest absolute Gasteiger partial charge is 0.250 e. The number of thiazole rings is 1. The van der Waals surface area contributed by atoms with Crippen LogP contribution in [0.15, 0.2) is 34.1 Å². The fraction of sp³-hybridized carbons (Fsp3) is 0.100. The van der Waals surface area contributed by atoms with Crippen molar-refractivity contribution in [3.8, 4) is 0 Å². The minimum Gasteiger partial charge on any atom is -0.293 e. The summed E-state index contributed by atoms with van der Waals surface area (Å²) >= 11 is 8.25.